The highest BCUT2D eigenvalue weighted by Crippen LogP contribution is 2.20. The van der Waals surface area contributed by atoms with Crippen LogP contribution in [0.1, 0.15) is 23.1 Å². The zero-order chi connectivity index (χ0) is 18.4. The monoisotopic (exact) mass is 347 g/mol. The second-order valence-electron chi connectivity index (χ2n) is 6.63. The first-order chi connectivity index (χ1) is 12.6. The van der Waals surface area contributed by atoms with E-state index in [-0.39, 0.29) is 5.91 Å². The molecular weight excluding hydrogens is 322 g/mol. The van der Waals surface area contributed by atoms with Gasteiger partial charge >= 0.3 is 0 Å². The lowest BCUT2D eigenvalue weighted by Crippen LogP contribution is -2.28. The lowest BCUT2D eigenvalue weighted by molar-refractivity contribution is -0.121. The Balaban J connectivity index is 1.39. The predicted molar refractivity (Wildman–Crippen MR) is 107 cm³/mol. The van der Waals surface area contributed by atoms with Gasteiger partial charge in [0.1, 0.15) is 12.4 Å². The van der Waals surface area contributed by atoms with E-state index >= 15 is 0 Å². The van der Waals surface area contributed by atoms with Gasteiger partial charge in [0.25, 0.3) is 0 Å². The van der Waals surface area contributed by atoms with Gasteiger partial charge in [-0.1, -0.05) is 48.5 Å². The minimum Gasteiger partial charge on any atom is -0.492 e. The minimum atomic E-state index is 0.0605. The number of rotatable bonds is 7. The van der Waals surface area contributed by atoms with E-state index in [1.807, 2.05) is 30.3 Å². The summed E-state index contributed by atoms with van der Waals surface area (Å²) in [5, 5.41) is 5.27. The highest BCUT2D eigenvalue weighted by molar-refractivity contribution is 5.83. The molecule has 0 saturated carbocycles. The molecule has 0 unspecified atom stereocenters. The SMILES string of the molecule is Cc1ccc(CCC(=O)NCCOc2ccc3ccccc3c2)cc1C. The number of nitrogens with one attached hydrogen (secondary N) is 1. The third kappa shape index (κ3) is 4.85. The van der Waals surface area contributed by atoms with Crippen LogP contribution in [0.25, 0.3) is 10.8 Å². The van der Waals surface area contributed by atoms with Crippen LogP contribution in [0.15, 0.2) is 60.7 Å². The van der Waals surface area contributed by atoms with Gasteiger partial charge in [0.05, 0.1) is 6.54 Å². The van der Waals surface area contributed by atoms with Gasteiger partial charge in [-0.25, -0.2) is 0 Å². The molecule has 0 bridgehead atoms. The van der Waals surface area contributed by atoms with E-state index in [1.54, 1.807) is 0 Å². The molecule has 0 heterocycles. The first-order valence-corrected chi connectivity index (χ1v) is 9.06. The number of ether oxygens (including phenoxy) is 1. The van der Waals surface area contributed by atoms with Crippen molar-refractivity contribution in [3.63, 3.8) is 0 Å². The van der Waals surface area contributed by atoms with Crippen molar-refractivity contribution in [1.82, 2.24) is 5.32 Å². The van der Waals surface area contributed by atoms with Crippen molar-refractivity contribution in [1.29, 1.82) is 0 Å². The number of carbonyl (C=O) groups is 1. The maximum Gasteiger partial charge on any atom is 0.220 e. The third-order valence-corrected chi connectivity index (χ3v) is 4.63. The van der Waals surface area contributed by atoms with Crippen molar-refractivity contribution in [2.24, 2.45) is 0 Å². The zero-order valence-corrected chi connectivity index (χ0v) is 15.4. The molecule has 3 nitrogen and oxygen atoms in total. The Morgan fingerprint density at radius 3 is 2.54 bits per heavy atom. The summed E-state index contributed by atoms with van der Waals surface area (Å²) in [4.78, 5) is 12.0. The summed E-state index contributed by atoms with van der Waals surface area (Å²) in [6.45, 7) is 5.18. The topological polar surface area (TPSA) is 38.3 Å². The number of hydrogen-bond acceptors (Lipinski definition) is 2. The molecule has 26 heavy (non-hydrogen) atoms. The van der Waals surface area contributed by atoms with E-state index in [0.717, 1.165) is 17.6 Å². The fourth-order valence-corrected chi connectivity index (χ4v) is 2.92. The molecule has 0 spiro atoms. The van der Waals surface area contributed by atoms with Crippen LogP contribution in [0, 0.1) is 13.8 Å². The van der Waals surface area contributed by atoms with Crippen LogP contribution >= 0.6 is 0 Å². The number of carbonyl (C=O) groups excluding carboxylic acids is 1. The number of amides is 1. The Morgan fingerprint density at radius 2 is 1.73 bits per heavy atom. The molecule has 0 atom stereocenters. The van der Waals surface area contributed by atoms with E-state index in [9.17, 15) is 4.79 Å². The van der Waals surface area contributed by atoms with Crippen molar-refractivity contribution in [2.45, 2.75) is 26.7 Å². The summed E-state index contributed by atoms with van der Waals surface area (Å²) in [5.74, 6) is 0.887. The van der Waals surface area contributed by atoms with Crippen molar-refractivity contribution in [3.05, 3.63) is 77.4 Å². The summed E-state index contributed by atoms with van der Waals surface area (Å²) in [7, 11) is 0. The fraction of sp³-hybridized carbons (Fsp3) is 0.261. The smallest absolute Gasteiger partial charge is 0.220 e. The van der Waals surface area contributed by atoms with Gasteiger partial charge in [0, 0.05) is 6.42 Å². The first-order valence-electron chi connectivity index (χ1n) is 9.06. The lowest BCUT2D eigenvalue weighted by Gasteiger charge is -2.09. The van der Waals surface area contributed by atoms with Gasteiger partial charge in [0.2, 0.25) is 5.91 Å². The van der Waals surface area contributed by atoms with Gasteiger partial charge in [-0.05, 0) is 59.9 Å². The van der Waals surface area contributed by atoms with E-state index in [0.29, 0.717) is 19.6 Å². The fourth-order valence-electron chi connectivity index (χ4n) is 2.92. The molecule has 0 aliphatic rings. The third-order valence-electron chi connectivity index (χ3n) is 4.63. The Kier molecular flexibility index (Phi) is 5.90. The Labute approximate surface area is 155 Å². The van der Waals surface area contributed by atoms with Crippen molar-refractivity contribution in [3.8, 4) is 5.75 Å². The summed E-state index contributed by atoms with van der Waals surface area (Å²) < 4.78 is 5.74. The molecule has 1 amide bonds. The van der Waals surface area contributed by atoms with Crippen LogP contribution in [-0.2, 0) is 11.2 Å². The summed E-state index contributed by atoms with van der Waals surface area (Å²) in [6, 6.07) is 20.6. The van der Waals surface area contributed by atoms with E-state index in [2.05, 4.69) is 49.5 Å². The molecule has 0 aromatic heterocycles. The molecule has 0 aliphatic carbocycles. The van der Waals surface area contributed by atoms with Gasteiger partial charge < -0.3 is 10.1 Å². The average molecular weight is 347 g/mol. The largest absolute Gasteiger partial charge is 0.492 e. The van der Waals surface area contributed by atoms with Crippen LogP contribution < -0.4 is 10.1 Å². The molecule has 0 radical (unpaired) electrons. The van der Waals surface area contributed by atoms with E-state index < -0.39 is 0 Å². The van der Waals surface area contributed by atoms with Crippen molar-refractivity contribution < 1.29 is 9.53 Å². The molecule has 3 rings (SSSR count). The molecule has 3 aromatic rings. The number of fused-ring (bicyclic) bond motifs is 1. The summed E-state index contributed by atoms with van der Waals surface area (Å²) in [5.41, 5.74) is 3.76. The van der Waals surface area contributed by atoms with Gasteiger partial charge in [-0.3, -0.25) is 4.79 Å². The standard InChI is InChI=1S/C23H25NO2/c1-17-7-8-19(15-18(17)2)9-12-23(25)24-13-14-26-22-11-10-20-5-3-4-6-21(20)16-22/h3-8,10-11,15-16H,9,12-14H2,1-2H3,(H,24,25). The second kappa shape index (κ2) is 8.52. The zero-order valence-electron chi connectivity index (χ0n) is 15.4. The molecule has 0 aliphatic heterocycles. The molecule has 134 valence electrons. The molecule has 3 aromatic carbocycles. The van der Waals surface area contributed by atoms with Crippen LogP contribution in [0.3, 0.4) is 0 Å². The van der Waals surface area contributed by atoms with Gasteiger partial charge in [-0.15, -0.1) is 0 Å². The second-order valence-corrected chi connectivity index (χ2v) is 6.63. The normalized spacial score (nSPS) is 10.7. The van der Waals surface area contributed by atoms with E-state index in [1.165, 1.54) is 22.1 Å². The quantitative estimate of drug-likeness (QED) is 0.635. The van der Waals surface area contributed by atoms with Crippen LogP contribution in [0.5, 0.6) is 5.75 Å². The summed E-state index contributed by atoms with van der Waals surface area (Å²) >= 11 is 0. The van der Waals surface area contributed by atoms with Gasteiger partial charge in [-0.2, -0.15) is 0 Å². The van der Waals surface area contributed by atoms with Crippen LogP contribution in [0.4, 0.5) is 0 Å². The number of aryl methyl sites for hydroxylation is 3. The Hall–Kier alpha value is -2.81. The molecule has 0 fully saturated rings. The molecule has 3 heteroatoms. The minimum absolute atomic E-state index is 0.0605. The average Bonchev–Trinajstić information content (AvgIpc) is 2.66. The number of hydrogen-bond donors (Lipinski definition) is 1. The maximum absolute atomic E-state index is 12.0. The Bertz CT molecular complexity index is 902. The molecular formula is C23H25NO2. The van der Waals surface area contributed by atoms with Crippen molar-refractivity contribution in [2.75, 3.05) is 13.2 Å². The Morgan fingerprint density at radius 1 is 0.923 bits per heavy atom. The van der Waals surface area contributed by atoms with Gasteiger partial charge in [0.15, 0.2) is 0 Å². The lowest BCUT2D eigenvalue weighted by atomic mass is 10.0. The molecule has 0 saturated heterocycles. The van der Waals surface area contributed by atoms with Crippen molar-refractivity contribution >= 4 is 16.7 Å². The van der Waals surface area contributed by atoms with Crippen LogP contribution in [-0.4, -0.2) is 19.1 Å². The van der Waals surface area contributed by atoms with E-state index in [4.69, 9.17) is 4.74 Å². The first kappa shape index (κ1) is 18.0. The maximum atomic E-state index is 12.0. The van der Waals surface area contributed by atoms with Crippen LogP contribution in [0.2, 0.25) is 0 Å². The molecule has 1 N–H and O–H groups in total. The summed E-state index contributed by atoms with van der Waals surface area (Å²) in [6.07, 6.45) is 1.26. The highest BCUT2D eigenvalue weighted by atomic mass is 16.5. The number of benzene rings is 3. The predicted octanol–water partition coefficient (Wildman–Crippen LogP) is 4.58. The highest BCUT2D eigenvalue weighted by Gasteiger charge is 2.03.